The number of hydrogen-bond acceptors (Lipinski definition) is 7. The van der Waals surface area contributed by atoms with Crippen LogP contribution in [0, 0.1) is 11.8 Å². The maximum Gasteiger partial charge on any atom is 0.336 e. The fraction of sp³-hybridized carbons (Fsp3) is 0.286. The van der Waals surface area contributed by atoms with Crippen LogP contribution in [-0.2, 0) is 23.8 Å². The fourth-order valence-corrected chi connectivity index (χ4v) is 4.37. The van der Waals surface area contributed by atoms with Gasteiger partial charge in [-0.2, -0.15) is 0 Å². The molecule has 2 N–H and O–H groups in total. The van der Waals surface area contributed by atoms with Crippen molar-refractivity contribution < 1.29 is 28.9 Å². The third kappa shape index (κ3) is 6.73. The molecule has 1 aliphatic rings. The molecule has 37 heavy (non-hydrogen) atoms. The minimum atomic E-state index is -0.950. The molecule has 2 unspecified atom stereocenters. The molecule has 0 amide bonds. The van der Waals surface area contributed by atoms with Crippen molar-refractivity contribution in [1.29, 1.82) is 0 Å². The van der Waals surface area contributed by atoms with Gasteiger partial charge in [-0.25, -0.2) is 9.59 Å². The molecule has 0 bridgehead atoms. The standard InChI is InChI=1S/C28H27Cl2NO6/c1-4-37-28(34)25-21(16-36-15-9-14-22(32)18-10-6-5-7-11-18)31-17(2)23(27(33)35-3)24(25)19-12-8-13-20(29)26(19)30/h5-8,10-13,22,24,31-32H,4,15-16H2,1-3H3. The van der Waals surface area contributed by atoms with Crippen molar-refractivity contribution in [1.82, 2.24) is 5.32 Å². The number of halogens is 2. The SMILES string of the molecule is CCOC(=O)C1=C(COCC#CC(O)c2ccccc2)NC(C)=C(C(=O)OC)C1c1cccc(Cl)c1Cl. The highest BCUT2D eigenvalue weighted by Crippen LogP contribution is 2.43. The maximum atomic E-state index is 13.2. The number of hydrogen-bond donors (Lipinski definition) is 2. The van der Waals surface area contributed by atoms with Gasteiger partial charge in [-0.15, -0.1) is 0 Å². The van der Waals surface area contributed by atoms with Crippen molar-refractivity contribution in [2.45, 2.75) is 25.9 Å². The summed E-state index contributed by atoms with van der Waals surface area (Å²) in [5.41, 5.74) is 2.31. The molecule has 0 saturated carbocycles. The number of dihydropyridines is 1. The number of ether oxygens (including phenoxy) is 3. The molecule has 0 spiro atoms. The summed E-state index contributed by atoms with van der Waals surface area (Å²) in [6, 6.07) is 14.0. The number of esters is 2. The number of allylic oxidation sites excluding steroid dienone is 1. The van der Waals surface area contributed by atoms with Crippen LogP contribution in [0.5, 0.6) is 0 Å². The van der Waals surface area contributed by atoms with E-state index < -0.39 is 24.0 Å². The molecule has 2 aromatic carbocycles. The first kappa shape index (κ1) is 28.3. The smallest absolute Gasteiger partial charge is 0.336 e. The van der Waals surface area contributed by atoms with E-state index in [1.165, 1.54) is 7.11 Å². The van der Waals surface area contributed by atoms with Crippen LogP contribution in [0.15, 0.2) is 71.1 Å². The highest BCUT2D eigenvalue weighted by molar-refractivity contribution is 6.42. The van der Waals surface area contributed by atoms with Gasteiger partial charge in [0.2, 0.25) is 0 Å². The van der Waals surface area contributed by atoms with Crippen LogP contribution in [0.4, 0.5) is 0 Å². The van der Waals surface area contributed by atoms with E-state index in [0.29, 0.717) is 22.5 Å². The monoisotopic (exact) mass is 543 g/mol. The van der Waals surface area contributed by atoms with E-state index >= 15 is 0 Å². The van der Waals surface area contributed by atoms with Crippen molar-refractivity contribution in [3.63, 3.8) is 0 Å². The minimum Gasteiger partial charge on any atom is -0.466 e. The van der Waals surface area contributed by atoms with E-state index in [9.17, 15) is 14.7 Å². The summed E-state index contributed by atoms with van der Waals surface area (Å²) in [4.78, 5) is 26.0. The molecular weight excluding hydrogens is 517 g/mol. The molecule has 1 heterocycles. The van der Waals surface area contributed by atoms with Crippen molar-refractivity contribution in [3.8, 4) is 11.8 Å². The van der Waals surface area contributed by atoms with Crippen LogP contribution in [0.1, 0.15) is 37.0 Å². The largest absolute Gasteiger partial charge is 0.466 e. The van der Waals surface area contributed by atoms with Gasteiger partial charge in [0, 0.05) is 5.70 Å². The number of aliphatic hydroxyl groups excluding tert-OH is 1. The second-order valence-electron chi connectivity index (χ2n) is 7.97. The van der Waals surface area contributed by atoms with Crippen molar-refractivity contribution in [2.24, 2.45) is 0 Å². The van der Waals surface area contributed by atoms with Crippen LogP contribution < -0.4 is 5.32 Å². The number of methoxy groups -OCH3 is 1. The van der Waals surface area contributed by atoms with Crippen molar-refractivity contribution in [2.75, 3.05) is 26.9 Å². The Kier molecular flexibility index (Phi) is 10.2. The molecule has 0 aliphatic carbocycles. The lowest BCUT2D eigenvalue weighted by molar-refractivity contribution is -0.139. The van der Waals surface area contributed by atoms with Crippen LogP contribution in [0.2, 0.25) is 10.0 Å². The Morgan fingerprint density at radius 2 is 1.81 bits per heavy atom. The maximum absolute atomic E-state index is 13.2. The van der Waals surface area contributed by atoms with E-state index in [-0.39, 0.29) is 41.0 Å². The Hall–Kier alpha value is -3.28. The van der Waals surface area contributed by atoms with Crippen molar-refractivity contribution >= 4 is 35.1 Å². The Labute approximate surface area is 226 Å². The second kappa shape index (κ2) is 13.3. The normalized spacial score (nSPS) is 15.9. The quantitative estimate of drug-likeness (QED) is 0.283. The molecule has 7 nitrogen and oxygen atoms in total. The predicted octanol–water partition coefficient (Wildman–Crippen LogP) is 4.70. The molecule has 0 fully saturated rings. The third-order valence-electron chi connectivity index (χ3n) is 5.61. The Morgan fingerprint density at radius 3 is 2.49 bits per heavy atom. The number of nitrogens with one attached hydrogen (secondary N) is 1. The van der Waals surface area contributed by atoms with E-state index in [2.05, 4.69) is 17.2 Å². The highest BCUT2D eigenvalue weighted by atomic mass is 35.5. The summed E-state index contributed by atoms with van der Waals surface area (Å²) in [5, 5.41) is 13.8. The number of carbonyl (C=O) groups is 2. The molecule has 3 rings (SSSR count). The van der Waals surface area contributed by atoms with Crippen LogP contribution in [-0.4, -0.2) is 44.0 Å². The van der Waals surface area contributed by atoms with Crippen LogP contribution in [0.3, 0.4) is 0 Å². The van der Waals surface area contributed by atoms with Crippen LogP contribution >= 0.6 is 23.2 Å². The number of benzene rings is 2. The van der Waals surface area contributed by atoms with E-state index in [0.717, 1.165) is 0 Å². The number of aliphatic hydroxyl groups is 1. The molecule has 2 aromatic rings. The number of rotatable bonds is 8. The summed E-state index contributed by atoms with van der Waals surface area (Å²) >= 11 is 12.8. The molecule has 194 valence electrons. The van der Waals surface area contributed by atoms with Gasteiger partial charge < -0.3 is 24.6 Å². The minimum absolute atomic E-state index is 0.0135. The molecule has 9 heteroatoms. The van der Waals surface area contributed by atoms with Crippen molar-refractivity contribution in [3.05, 3.63) is 92.2 Å². The van der Waals surface area contributed by atoms with Gasteiger partial charge in [0.1, 0.15) is 12.7 Å². The average molecular weight is 544 g/mol. The summed E-state index contributed by atoms with van der Waals surface area (Å²) < 4.78 is 16.1. The predicted molar refractivity (Wildman–Crippen MR) is 141 cm³/mol. The summed E-state index contributed by atoms with van der Waals surface area (Å²) in [7, 11) is 1.26. The van der Waals surface area contributed by atoms with Gasteiger partial charge in [-0.1, -0.05) is 77.5 Å². The van der Waals surface area contributed by atoms with Gasteiger partial charge >= 0.3 is 11.9 Å². The fourth-order valence-electron chi connectivity index (χ4n) is 3.96. The first-order valence-corrected chi connectivity index (χ1v) is 12.2. The summed E-state index contributed by atoms with van der Waals surface area (Å²) in [6.45, 7) is 3.43. The third-order valence-corrected chi connectivity index (χ3v) is 6.45. The van der Waals surface area contributed by atoms with Gasteiger partial charge in [0.05, 0.1) is 53.1 Å². The lowest BCUT2D eigenvalue weighted by Gasteiger charge is -2.31. The van der Waals surface area contributed by atoms with Gasteiger partial charge in [0.25, 0.3) is 0 Å². The zero-order valence-corrected chi connectivity index (χ0v) is 22.2. The topological polar surface area (TPSA) is 94.1 Å². The lowest BCUT2D eigenvalue weighted by atomic mass is 9.80. The number of carbonyl (C=O) groups excluding carboxylic acids is 2. The van der Waals surface area contributed by atoms with E-state index in [1.54, 1.807) is 44.2 Å². The van der Waals surface area contributed by atoms with Crippen LogP contribution in [0.25, 0.3) is 0 Å². The van der Waals surface area contributed by atoms with Gasteiger partial charge in [0.15, 0.2) is 0 Å². The van der Waals surface area contributed by atoms with E-state index in [4.69, 9.17) is 37.4 Å². The first-order valence-electron chi connectivity index (χ1n) is 11.5. The second-order valence-corrected chi connectivity index (χ2v) is 8.76. The molecule has 1 aliphatic heterocycles. The molecule has 2 atom stereocenters. The van der Waals surface area contributed by atoms with Gasteiger partial charge in [-0.3, -0.25) is 0 Å². The Balaban J connectivity index is 1.95. The molecule has 0 saturated heterocycles. The first-order chi connectivity index (χ1) is 17.8. The zero-order valence-electron chi connectivity index (χ0n) is 20.6. The Morgan fingerprint density at radius 1 is 1.08 bits per heavy atom. The highest BCUT2D eigenvalue weighted by Gasteiger charge is 2.40. The molecule has 0 aromatic heterocycles. The summed E-state index contributed by atoms with van der Waals surface area (Å²) in [5.74, 6) is 3.32. The Bertz CT molecular complexity index is 1280. The van der Waals surface area contributed by atoms with Gasteiger partial charge in [-0.05, 0) is 31.0 Å². The zero-order chi connectivity index (χ0) is 26.9. The van der Waals surface area contributed by atoms with E-state index in [1.807, 2.05) is 18.2 Å². The average Bonchev–Trinajstić information content (AvgIpc) is 2.89. The molecular formula is C28H27Cl2NO6. The summed E-state index contributed by atoms with van der Waals surface area (Å²) in [6.07, 6.45) is -0.950. The lowest BCUT2D eigenvalue weighted by Crippen LogP contribution is -2.34. The molecule has 0 radical (unpaired) electrons.